The number of para-hydroxylation sites is 2. The molecule has 2 aliphatic rings. The molecule has 0 atom stereocenters. The van der Waals surface area contributed by atoms with Crippen molar-refractivity contribution in [3.05, 3.63) is 72.4 Å². The molecule has 4 aromatic rings. The van der Waals surface area contributed by atoms with Gasteiger partial charge in [-0.15, -0.1) is 0 Å². The van der Waals surface area contributed by atoms with Crippen molar-refractivity contribution >= 4 is 11.6 Å². The number of furan rings is 1. The second kappa shape index (κ2) is 8.90. The standard InChI is InChI=1S/C26H26N6O3/c1-34-23-6-3-2-5-21(23)30-12-14-31(15-13-30)25(33)19-17-28-32(24(19)18-8-9-18)26-27-11-10-20(29-26)22-7-4-16-35-22/h2-7,10-11,16-18H,8-9,12-15H2,1H3. The fraction of sp³-hybridized carbons (Fsp3) is 0.308. The van der Waals surface area contributed by atoms with E-state index in [0.29, 0.717) is 42.0 Å². The van der Waals surface area contributed by atoms with Gasteiger partial charge in [0, 0.05) is 38.3 Å². The van der Waals surface area contributed by atoms with Crippen LogP contribution in [0.15, 0.2) is 65.5 Å². The van der Waals surface area contributed by atoms with Crippen LogP contribution in [0.1, 0.15) is 34.8 Å². The highest BCUT2D eigenvalue weighted by Gasteiger charge is 2.35. The highest BCUT2D eigenvalue weighted by atomic mass is 16.5. The molecule has 178 valence electrons. The Bertz CT molecular complexity index is 1340. The number of hydrogen-bond acceptors (Lipinski definition) is 7. The quantitative estimate of drug-likeness (QED) is 0.424. The Morgan fingerprint density at radius 1 is 1.06 bits per heavy atom. The van der Waals surface area contributed by atoms with Crippen molar-refractivity contribution in [2.45, 2.75) is 18.8 Å². The Morgan fingerprint density at radius 3 is 2.63 bits per heavy atom. The summed E-state index contributed by atoms with van der Waals surface area (Å²) < 4.78 is 12.7. The normalized spacial score (nSPS) is 15.9. The maximum atomic E-state index is 13.6. The maximum Gasteiger partial charge on any atom is 0.257 e. The summed E-state index contributed by atoms with van der Waals surface area (Å²) in [6, 6.07) is 13.5. The summed E-state index contributed by atoms with van der Waals surface area (Å²) in [5.74, 6) is 2.27. The van der Waals surface area contributed by atoms with E-state index in [1.165, 1.54) is 0 Å². The zero-order valence-corrected chi connectivity index (χ0v) is 19.5. The average molecular weight is 471 g/mol. The first-order valence-electron chi connectivity index (χ1n) is 11.9. The Balaban J connectivity index is 1.24. The van der Waals surface area contributed by atoms with Gasteiger partial charge in [0.1, 0.15) is 11.4 Å². The lowest BCUT2D eigenvalue weighted by Crippen LogP contribution is -2.49. The van der Waals surface area contributed by atoms with E-state index < -0.39 is 0 Å². The summed E-state index contributed by atoms with van der Waals surface area (Å²) >= 11 is 0. The highest BCUT2D eigenvalue weighted by molar-refractivity contribution is 5.95. The third-order valence-electron chi connectivity index (χ3n) is 6.60. The number of ether oxygens (including phenoxy) is 1. The van der Waals surface area contributed by atoms with Crippen LogP contribution in [-0.4, -0.2) is 63.8 Å². The molecule has 0 bridgehead atoms. The lowest BCUT2D eigenvalue weighted by molar-refractivity contribution is 0.0745. The molecule has 1 aliphatic carbocycles. The summed E-state index contributed by atoms with van der Waals surface area (Å²) in [5, 5.41) is 4.56. The number of hydrogen-bond donors (Lipinski definition) is 0. The van der Waals surface area contributed by atoms with Gasteiger partial charge in [0.15, 0.2) is 5.76 Å². The van der Waals surface area contributed by atoms with E-state index in [-0.39, 0.29) is 5.91 Å². The Kier molecular flexibility index (Phi) is 5.44. The van der Waals surface area contributed by atoms with E-state index in [4.69, 9.17) is 9.15 Å². The molecule has 1 aliphatic heterocycles. The number of nitrogens with zero attached hydrogens (tertiary/aromatic N) is 6. The van der Waals surface area contributed by atoms with Crippen LogP contribution in [0.5, 0.6) is 5.75 Å². The zero-order chi connectivity index (χ0) is 23.8. The van der Waals surface area contributed by atoms with Crippen LogP contribution < -0.4 is 9.64 Å². The van der Waals surface area contributed by atoms with Gasteiger partial charge in [-0.05, 0) is 43.2 Å². The monoisotopic (exact) mass is 470 g/mol. The predicted molar refractivity (Wildman–Crippen MR) is 130 cm³/mol. The molecule has 0 spiro atoms. The highest BCUT2D eigenvalue weighted by Crippen LogP contribution is 2.42. The second-order valence-corrected chi connectivity index (χ2v) is 8.80. The fourth-order valence-electron chi connectivity index (χ4n) is 4.66. The molecule has 9 nitrogen and oxygen atoms in total. The summed E-state index contributed by atoms with van der Waals surface area (Å²) in [6.45, 7) is 2.76. The third-order valence-corrected chi connectivity index (χ3v) is 6.60. The van der Waals surface area contributed by atoms with Crippen molar-refractivity contribution in [2.24, 2.45) is 0 Å². The van der Waals surface area contributed by atoms with Crippen LogP contribution in [0.2, 0.25) is 0 Å². The van der Waals surface area contributed by atoms with Crippen molar-refractivity contribution in [3.63, 3.8) is 0 Å². The summed E-state index contributed by atoms with van der Waals surface area (Å²) in [7, 11) is 1.68. The summed E-state index contributed by atoms with van der Waals surface area (Å²) in [5.41, 5.74) is 3.28. The van der Waals surface area contributed by atoms with Gasteiger partial charge >= 0.3 is 0 Å². The van der Waals surface area contributed by atoms with Crippen molar-refractivity contribution < 1.29 is 13.9 Å². The number of carbonyl (C=O) groups excluding carboxylic acids is 1. The third kappa shape index (κ3) is 4.03. The largest absolute Gasteiger partial charge is 0.495 e. The minimum atomic E-state index is 0.0139. The number of aromatic nitrogens is 4. The number of anilines is 1. The molecule has 35 heavy (non-hydrogen) atoms. The van der Waals surface area contributed by atoms with Gasteiger partial charge in [-0.25, -0.2) is 14.6 Å². The first-order valence-corrected chi connectivity index (χ1v) is 11.9. The Labute approximate surface area is 203 Å². The average Bonchev–Trinajstić information content (AvgIpc) is 3.41. The molecule has 0 radical (unpaired) electrons. The molecule has 2 fully saturated rings. The minimum absolute atomic E-state index is 0.0139. The lowest BCUT2D eigenvalue weighted by atomic mass is 10.1. The number of carbonyl (C=O) groups is 1. The molecule has 0 N–H and O–H groups in total. The topological polar surface area (TPSA) is 89.5 Å². The van der Waals surface area contributed by atoms with Gasteiger partial charge in [0.2, 0.25) is 0 Å². The maximum absolute atomic E-state index is 13.6. The molecule has 1 aromatic carbocycles. The molecule has 0 unspecified atom stereocenters. The molecule has 3 aromatic heterocycles. The van der Waals surface area contributed by atoms with E-state index in [1.807, 2.05) is 35.2 Å². The van der Waals surface area contributed by atoms with Crippen LogP contribution in [0.25, 0.3) is 17.4 Å². The first-order chi connectivity index (χ1) is 17.2. The van der Waals surface area contributed by atoms with Crippen LogP contribution in [0.3, 0.4) is 0 Å². The van der Waals surface area contributed by atoms with Crippen molar-refractivity contribution in [1.29, 1.82) is 0 Å². The summed E-state index contributed by atoms with van der Waals surface area (Å²) in [6.07, 6.45) is 7.05. The van der Waals surface area contributed by atoms with Crippen LogP contribution >= 0.6 is 0 Å². The molecule has 1 saturated heterocycles. The smallest absolute Gasteiger partial charge is 0.257 e. The van der Waals surface area contributed by atoms with Gasteiger partial charge in [-0.3, -0.25) is 4.79 Å². The molecular formula is C26H26N6O3. The second-order valence-electron chi connectivity index (χ2n) is 8.80. The summed E-state index contributed by atoms with van der Waals surface area (Å²) in [4.78, 5) is 26.9. The Hall–Kier alpha value is -4.14. The van der Waals surface area contributed by atoms with Crippen molar-refractivity contribution in [1.82, 2.24) is 24.6 Å². The van der Waals surface area contributed by atoms with Crippen molar-refractivity contribution in [3.8, 4) is 23.2 Å². The van der Waals surface area contributed by atoms with E-state index in [0.717, 1.165) is 43.1 Å². The van der Waals surface area contributed by atoms with Gasteiger partial charge in [-0.1, -0.05) is 12.1 Å². The van der Waals surface area contributed by atoms with Gasteiger partial charge in [0.25, 0.3) is 11.9 Å². The Morgan fingerprint density at radius 2 is 1.89 bits per heavy atom. The number of benzene rings is 1. The fourth-order valence-corrected chi connectivity index (χ4v) is 4.66. The minimum Gasteiger partial charge on any atom is -0.495 e. The van der Waals surface area contributed by atoms with Crippen LogP contribution in [0.4, 0.5) is 5.69 Å². The predicted octanol–water partition coefficient (Wildman–Crippen LogP) is 3.77. The first kappa shape index (κ1) is 21.4. The lowest BCUT2D eigenvalue weighted by Gasteiger charge is -2.36. The van der Waals surface area contributed by atoms with Gasteiger partial charge < -0.3 is 19.0 Å². The zero-order valence-electron chi connectivity index (χ0n) is 19.5. The van der Waals surface area contributed by atoms with E-state index in [9.17, 15) is 4.79 Å². The number of amides is 1. The van der Waals surface area contributed by atoms with Crippen LogP contribution in [0, 0.1) is 0 Å². The molecule has 6 rings (SSSR count). The molecule has 9 heteroatoms. The number of methoxy groups -OCH3 is 1. The number of rotatable bonds is 6. The van der Waals surface area contributed by atoms with Crippen LogP contribution in [-0.2, 0) is 0 Å². The van der Waals surface area contributed by atoms with Gasteiger partial charge in [-0.2, -0.15) is 5.10 Å². The van der Waals surface area contributed by atoms with Crippen molar-refractivity contribution in [2.75, 3.05) is 38.2 Å². The molecule has 1 amide bonds. The van der Waals surface area contributed by atoms with E-state index >= 15 is 0 Å². The van der Waals surface area contributed by atoms with Gasteiger partial charge in [0.05, 0.1) is 36.5 Å². The van der Waals surface area contributed by atoms with E-state index in [1.54, 1.807) is 36.5 Å². The molecule has 4 heterocycles. The molecule has 1 saturated carbocycles. The van der Waals surface area contributed by atoms with E-state index in [2.05, 4.69) is 26.0 Å². The SMILES string of the molecule is COc1ccccc1N1CCN(C(=O)c2cnn(-c3nccc(-c4ccco4)n3)c2C2CC2)CC1. The number of piperazine rings is 1. The molecular weight excluding hydrogens is 444 g/mol.